The zero-order valence-corrected chi connectivity index (χ0v) is 11.8. The van der Waals surface area contributed by atoms with E-state index in [2.05, 4.69) is 5.32 Å². The standard InChI is InChI=1S/C15H23NO3/c1-4-15(2,11-17)16-10-13(14(18)19-3)12-8-6-5-7-9-12/h5-9,13,16-17H,4,10-11H2,1-3H3. The summed E-state index contributed by atoms with van der Waals surface area (Å²) in [6.45, 7) is 4.42. The Morgan fingerprint density at radius 3 is 2.53 bits per heavy atom. The van der Waals surface area contributed by atoms with E-state index in [1.54, 1.807) is 0 Å². The molecule has 0 spiro atoms. The van der Waals surface area contributed by atoms with Crippen LogP contribution in [0.2, 0.25) is 0 Å². The van der Waals surface area contributed by atoms with Crippen LogP contribution >= 0.6 is 0 Å². The van der Waals surface area contributed by atoms with Gasteiger partial charge in [0.2, 0.25) is 0 Å². The summed E-state index contributed by atoms with van der Waals surface area (Å²) < 4.78 is 4.86. The number of hydrogen-bond acceptors (Lipinski definition) is 4. The van der Waals surface area contributed by atoms with Gasteiger partial charge in [-0.3, -0.25) is 4.79 Å². The van der Waals surface area contributed by atoms with E-state index in [0.29, 0.717) is 6.54 Å². The number of hydrogen-bond donors (Lipinski definition) is 2. The van der Waals surface area contributed by atoms with Crippen LogP contribution in [0.3, 0.4) is 0 Å². The molecule has 0 saturated heterocycles. The molecular weight excluding hydrogens is 242 g/mol. The van der Waals surface area contributed by atoms with Crippen LogP contribution in [-0.4, -0.2) is 36.9 Å². The predicted molar refractivity (Wildman–Crippen MR) is 75.0 cm³/mol. The van der Waals surface area contributed by atoms with E-state index in [9.17, 15) is 9.90 Å². The van der Waals surface area contributed by atoms with Crippen molar-refractivity contribution in [2.45, 2.75) is 31.7 Å². The van der Waals surface area contributed by atoms with Crippen LogP contribution in [0.4, 0.5) is 0 Å². The van der Waals surface area contributed by atoms with Crippen molar-refractivity contribution in [1.82, 2.24) is 5.32 Å². The minimum atomic E-state index is -0.374. The summed E-state index contributed by atoms with van der Waals surface area (Å²) in [6.07, 6.45) is 0.784. The highest BCUT2D eigenvalue weighted by molar-refractivity contribution is 5.78. The van der Waals surface area contributed by atoms with Gasteiger partial charge >= 0.3 is 5.97 Å². The maximum Gasteiger partial charge on any atom is 0.314 e. The van der Waals surface area contributed by atoms with Crippen molar-refractivity contribution in [3.8, 4) is 0 Å². The van der Waals surface area contributed by atoms with Gasteiger partial charge in [0.15, 0.2) is 0 Å². The average molecular weight is 265 g/mol. The Morgan fingerprint density at radius 2 is 2.05 bits per heavy atom. The summed E-state index contributed by atoms with van der Waals surface area (Å²) in [6, 6.07) is 9.53. The fourth-order valence-corrected chi connectivity index (χ4v) is 1.81. The Kier molecular flexibility index (Phi) is 5.99. The quantitative estimate of drug-likeness (QED) is 0.737. The molecule has 0 aliphatic heterocycles. The summed E-state index contributed by atoms with van der Waals surface area (Å²) >= 11 is 0. The molecule has 0 bridgehead atoms. The molecular formula is C15H23NO3. The lowest BCUT2D eigenvalue weighted by Gasteiger charge is -2.29. The molecule has 0 aromatic heterocycles. The molecule has 0 radical (unpaired) electrons. The fourth-order valence-electron chi connectivity index (χ4n) is 1.81. The second-order valence-corrected chi connectivity index (χ2v) is 4.94. The molecule has 1 rings (SSSR count). The largest absolute Gasteiger partial charge is 0.469 e. The number of carbonyl (C=O) groups excluding carboxylic acids is 1. The molecule has 4 nitrogen and oxygen atoms in total. The van der Waals surface area contributed by atoms with Gasteiger partial charge in [0.05, 0.1) is 19.6 Å². The van der Waals surface area contributed by atoms with E-state index in [0.717, 1.165) is 12.0 Å². The SMILES string of the molecule is CCC(C)(CO)NCC(C(=O)OC)c1ccccc1. The predicted octanol–water partition coefficient (Wildman–Crippen LogP) is 1.69. The number of benzene rings is 1. The molecule has 2 atom stereocenters. The summed E-state index contributed by atoms with van der Waals surface area (Å²) in [5.41, 5.74) is 0.541. The maximum absolute atomic E-state index is 11.9. The van der Waals surface area contributed by atoms with Gasteiger partial charge < -0.3 is 15.2 Å². The number of ether oxygens (including phenoxy) is 1. The van der Waals surface area contributed by atoms with Crippen LogP contribution in [0.25, 0.3) is 0 Å². The number of carbonyl (C=O) groups is 1. The molecule has 2 unspecified atom stereocenters. The van der Waals surface area contributed by atoms with Crippen molar-refractivity contribution in [3.63, 3.8) is 0 Å². The third-order valence-electron chi connectivity index (χ3n) is 3.55. The lowest BCUT2D eigenvalue weighted by molar-refractivity contribution is -0.142. The average Bonchev–Trinajstić information content (AvgIpc) is 2.48. The highest BCUT2D eigenvalue weighted by atomic mass is 16.5. The summed E-state index contributed by atoms with van der Waals surface area (Å²) in [5.74, 6) is -0.626. The molecule has 19 heavy (non-hydrogen) atoms. The van der Waals surface area contributed by atoms with Gasteiger partial charge in [-0.05, 0) is 18.9 Å². The van der Waals surface area contributed by atoms with Crippen molar-refractivity contribution < 1.29 is 14.6 Å². The van der Waals surface area contributed by atoms with E-state index >= 15 is 0 Å². The monoisotopic (exact) mass is 265 g/mol. The first-order valence-corrected chi connectivity index (χ1v) is 6.55. The third kappa shape index (κ3) is 4.33. The second kappa shape index (κ2) is 7.26. The van der Waals surface area contributed by atoms with Crippen molar-refractivity contribution in [2.24, 2.45) is 0 Å². The van der Waals surface area contributed by atoms with Crippen LogP contribution in [0.5, 0.6) is 0 Å². The molecule has 0 saturated carbocycles. The van der Waals surface area contributed by atoms with Gasteiger partial charge in [0, 0.05) is 12.1 Å². The van der Waals surface area contributed by atoms with Gasteiger partial charge in [0.1, 0.15) is 0 Å². The molecule has 1 aromatic carbocycles. The zero-order chi connectivity index (χ0) is 14.3. The second-order valence-electron chi connectivity index (χ2n) is 4.94. The lowest BCUT2D eigenvalue weighted by atomic mass is 9.95. The molecule has 2 N–H and O–H groups in total. The smallest absolute Gasteiger partial charge is 0.314 e. The molecule has 0 amide bonds. The number of esters is 1. The molecule has 0 aliphatic rings. The van der Waals surface area contributed by atoms with Crippen LogP contribution in [0.1, 0.15) is 31.7 Å². The van der Waals surface area contributed by atoms with Crippen molar-refractivity contribution in [1.29, 1.82) is 0 Å². The van der Waals surface area contributed by atoms with Crippen LogP contribution < -0.4 is 5.32 Å². The first-order chi connectivity index (χ1) is 9.06. The number of methoxy groups -OCH3 is 1. The number of rotatable bonds is 7. The Bertz CT molecular complexity index is 388. The van der Waals surface area contributed by atoms with Crippen LogP contribution in [0.15, 0.2) is 30.3 Å². The van der Waals surface area contributed by atoms with Gasteiger partial charge in [-0.15, -0.1) is 0 Å². The van der Waals surface area contributed by atoms with Crippen LogP contribution in [-0.2, 0) is 9.53 Å². The third-order valence-corrected chi connectivity index (χ3v) is 3.55. The van der Waals surface area contributed by atoms with Crippen molar-refractivity contribution >= 4 is 5.97 Å². The summed E-state index contributed by atoms with van der Waals surface area (Å²) in [4.78, 5) is 11.9. The summed E-state index contributed by atoms with van der Waals surface area (Å²) in [5, 5.41) is 12.6. The molecule has 1 aromatic rings. The van der Waals surface area contributed by atoms with Gasteiger partial charge in [0.25, 0.3) is 0 Å². The lowest BCUT2D eigenvalue weighted by Crippen LogP contribution is -2.47. The van der Waals surface area contributed by atoms with E-state index in [4.69, 9.17) is 4.74 Å². The minimum absolute atomic E-state index is 0.0339. The first-order valence-electron chi connectivity index (χ1n) is 6.55. The normalized spacial score (nSPS) is 15.6. The molecule has 106 valence electrons. The topological polar surface area (TPSA) is 58.6 Å². The molecule has 0 aliphatic carbocycles. The number of aliphatic hydroxyl groups is 1. The molecule has 0 heterocycles. The van der Waals surface area contributed by atoms with Gasteiger partial charge in [-0.2, -0.15) is 0 Å². The highest BCUT2D eigenvalue weighted by Crippen LogP contribution is 2.18. The Morgan fingerprint density at radius 1 is 1.42 bits per heavy atom. The highest BCUT2D eigenvalue weighted by Gasteiger charge is 2.26. The Hall–Kier alpha value is -1.39. The van der Waals surface area contributed by atoms with E-state index < -0.39 is 0 Å². The van der Waals surface area contributed by atoms with E-state index in [1.807, 2.05) is 44.2 Å². The Balaban J connectivity index is 2.80. The fraction of sp³-hybridized carbons (Fsp3) is 0.533. The van der Waals surface area contributed by atoms with Gasteiger partial charge in [-0.1, -0.05) is 37.3 Å². The van der Waals surface area contributed by atoms with E-state index in [-0.39, 0.29) is 24.0 Å². The number of nitrogens with one attached hydrogen (secondary N) is 1. The van der Waals surface area contributed by atoms with Gasteiger partial charge in [-0.25, -0.2) is 0 Å². The van der Waals surface area contributed by atoms with Crippen molar-refractivity contribution in [2.75, 3.05) is 20.3 Å². The zero-order valence-electron chi connectivity index (χ0n) is 11.8. The minimum Gasteiger partial charge on any atom is -0.469 e. The number of aliphatic hydroxyl groups excluding tert-OH is 1. The molecule has 4 heteroatoms. The van der Waals surface area contributed by atoms with Crippen LogP contribution in [0, 0.1) is 0 Å². The first kappa shape index (κ1) is 15.7. The summed E-state index contributed by atoms with van der Waals surface area (Å²) in [7, 11) is 1.39. The Labute approximate surface area is 114 Å². The van der Waals surface area contributed by atoms with E-state index in [1.165, 1.54) is 7.11 Å². The molecule has 0 fully saturated rings. The maximum atomic E-state index is 11.9. The van der Waals surface area contributed by atoms with Crippen molar-refractivity contribution in [3.05, 3.63) is 35.9 Å².